The summed E-state index contributed by atoms with van der Waals surface area (Å²) in [5, 5.41) is 2.79. The van der Waals surface area contributed by atoms with Crippen LogP contribution in [0.15, 0.2) is 30.3 Å². The predicted molar refractivity (Wildman–Crippen MR) is 110 cm³/mol. The lowest BCUT2D eigenvalue weighted by Crippen LogP contribution is -2.22. The summed E-state index contributed by atoms with van der Waals surface area (Å²) in [6.45, 7) is 3.49. The fraction of sp³-hybridized carbons (Fsp3) is 0.364. The van der Waals surface area contributed by atoms with E-state index in [-0.39, 0.29) is 18.9 Å². The Morgan fingerprint density at radius 1 is 0.931 bits per heavy atom. The fourth-order valence-corrected chi connectivity index (χ4v) is 2.93. The van der Waals surface area contributed by atoms with Crippen molar-refractivity contribution in [1.82, 2.24) is 0 Å². The fourth-order valence-electron chi connectivity index (χ4n) is 2.93. The number of carbonyl (C=O) groups is 2. The van der Waals surface area contributed by atoms with E-state index in [0.29, 0.717) is 23.7 Å². The Balaban J connectivity index is 1.89. The van der Waals surface area contributed by atoms with Crippen LogP contribution in [0.5, 0.6) is 17.2 Å². The number of para-hydroxylation sites is 1. The molecule has 156 valence electrons. The molecule has 0 unspecified atom stereocenters. The van der Waals surface area contributed by atoms with Crippen molar-refractivity contribution in [3.8, 4) is 17.2 Å². The van der Waals surface area contributed by atoms with Gasteiger partial charge in [0.2, 0.25) is 5.75 Å². The Kier molecular flexibility index (Phi) is 7.88. The van der Waals surface area contributed by atoms with Crippen LogP contribution >= 0.6 is 0 Å². The van der Waals surface area contributed by atoms with Gasteiger partial charge in [-0.25, -0.2) is 0 Å². The summed E-state index contributed by atoms with van der Waals surface area (Å²) in [5.41, 5.74) is 3.47. The molecule has 1 N–H and O–H groups in total. The van der Waals surface area contributed by atoms with Crippen LogP contribution < -0.4 is 19.5 Å². The number of hydrogen-bond acceptors (Lipinski definition) is 6. The molecule has 0 atom stereocenters. The number of carbonyl (C=O) groups excluding carboxylic acids is 2. The lowest BCUT2D eigenvalue weighted by molar-refractivity contribution is -0.147. The first-order valence-electron chi connectivity index (χ1n) is 9.20. The van der Waals surface area contributed by atoms with Crippen molar-refractivity contribution < 1.29 is 28.5 Å². The van der Waals surface area contributed by atoms with Gasteiger partial charge >= 0.3 is 5.97 Å². The van der Waals surface area contributed by atoms with Gasteiger partial charge in [-0.15, -0.1) is 0 Å². The van der Waals surface area contributed by atoms with E-state index >= 15 is 0 Å². The lowest BCUT2D eigenvalue weighted by Gasteiger charge is -2.14. The van der Waals surface area contributed by atoms with Crippen molar-refractivity contribution in [1.29, 1.82) is 0 Å². The number of nitrogens with one attached hydrogen (secondary N) is 1. The van der Waals surface area contributed by atoms with E-state index in [1.807, 2.05) is 32.0 Å². The minimum Gasteiger partial charge on any atom is -0.493 e. The largest absolute Gasteiger partial charge is 0.493 e. The summed E-state index contributed by atoms with van der Waals surface area (Å²) in [4.78, 5) is 24.1. The molecule has 0 heterocycles. The van der Waals surface area contributed by atoms with Gasteiger partial charge in [0.05, 0.1) is 21.3 Å². The van der Waals surface area contributed by atoms with Crippen LogP contribution in [0.25, 0.3) is 0 Å². The van der Waals surface area contributed by atoms with E-state index in [4.69, 9.17) is 18.9 Å². The summed E-state index contributed by atoms with van der Waals surface area (Å²) in [6.07, 6.45) is 0.531. The molecule has 0 saturated carbocycles. The molecule has 0 bridgehead atoms. The standard InChI is InChI=1S/C22H27NO6/c1-14-7-6-8-15(2)21(14)23-19(24)13-29-20(25)10-9-16-11-17(26-3)22(28-5)18(12-16)27-4/h6-8,11-12H,9-10,13H2,1-5H3,(H,23,24). The molecule has 7 heteroatoms. The highest BCUT2D eigenvalue weighted by Gasteiger charge is 2.15. The Morgan fingerprint density at radius 2 is 1.52 bits per heavy atom. The average molecular weight is 401 g/mol. The zero-order valence-electron chi connectivity index (χ0n) is 17.5. The maximum atomic E-state index is 12.1. The van der Waals surface area contributed by atoms with Crippen molar-refractivity contribution in [2.24, 2.45) is 0 Å². The molecule has 1 amide bonds. The van der Waals surface area contributed by atoms with Gasteiger partial charge in [0, 0.05) is 12.1 Å². The van der Waals surface area contributed by atoms with Crippen molar-refractivity contribution in [3.05, 3.63) is 47.0 Å². The second kappa shape index (κ2) is 10.4. The van der Waals surface area contributed by atoms with Gasteiger partial charge in [-0.2, -0.15) is 0 Å². The summed E-state index contributed by atoms with van der Waals surface area (Å²) in [6, 6.07) is 9.30. The number of anilines is 1. The molecule has 2 aromatic rings. The van der Waals surface area contributed by atoms with Gasteiger partial charge in [0.1, 0.15) is 0 Å². The maximum absolute atomic E-state index is 12.1. The molecular formula is C22H27NO6. The molecule has 0 spiro atoms. The number of amides is 1. The van der Waals surface area contributed by atoms with Crippen LogP contribution in [0, 0.1) is 13.8 Å². The Labute approximate surface area is 170 Å². The zero-order chi connectivity index (χ0) is 21.4. The Hall–Kier alpha value is -3.22. The number of ether oxygens (including phenoxy) is 4. The van der Waals surface area contributed by atoms with Crippen molar-refractivity contribution in [2.75, 3.05) is 33.3 Å². The third-order valence-electron chi connectivity index (χ3n) is 4.45. The molecule has 0 saturated heterocycles. The van der Waals surface area contributed by atoms with Crippen molar-refractivity contribution in [3.63, 3.8) is 0 Å². The first kappa shape index (κ1) is 22.1. The van der Waals surface area contributed by atoms with Crippen molar-refractivity contribution >= 4 is 17.6 Å². The minimum absolute atomic E-state index is 0.120. The predicted octanol–water partition coefficient (Wildman–Crippen LogP) is 3.44. The van der Waals surface area contributed by atoms with E-state index in [1.165, 1.54) is 21.3 Å². The van der Waals surface area contributed by atoms with E-state index in [1.54, 1.807) is 12.1 Å². The smallest absolute Gasteiger partial charge is 0.306 e. The van der Waals surface area contributed by atoms with Crippen molar-refractivity contribution in [2.45, 2.75) is 26.7 Å². The topological polar surface area (TPSA) is 83.1 Å². The maximum Gasteiger partial charge on any atom is 0.306 e. The molecule has 7 nitrogen and oxygen atoms in total. The summed E-state index contributed by atoms with van der Waals surface area (Å²) < 4.78 is 21.0. The molecule has 29 heavy (non-hydrogen) atoms. The molecule has 0 aliphatic rings. The molecular weight excluding hydrogens is 374 g/mol. The normalized spacial score (nSPS) is 10.2. The number of aryl methyl sites for hydroxylation is 3. The quantitative estimate of drug-likeness (QED) is 0.648. The van der Waals surface area contributed by atoms with Gasteiger partial charge in [-0.05, 0) is 49.1 Å². The van der Waals surface area contributed by atoms with Gasteiger partial charge in [-0.3, -0.25) is 9.59 Å². The van der Waals surface area contributed by atoms with Gasteiger partial charge in [0.25, 0.3) is 5.91 Å². The SMILES string of the molecule is COc1cc(CCC(=O)OCC(=O)Nc2c(C)cccc2C)cc(OC)c1OC. The van der Waals surface area contributed by atoms with Crippen LogP contribution in [0.3, 0.4) is 0 Å². The van der Waals surface area contributed by atoms with Crippen LogP contribution in [-0.2, 0) is 20.7 Å². The molecule has 0 aliphatic carbocycles. The number of esters is 1. The number of rotatable bonds is 9. The summed E-state index contributed by atoms with van der Waals surface area (Å²) >= 11 is 0. The van der Waals surface area contributed by atoms with E-state index < -0.39 is 5.97 Å². The lowest BCUT2D eigenvalue weighted by atomic mass is 10.1. The highest BCUT2D eigenvalue weighted by atomic mass is 16.5. The van der Waals surface area contributed by atoms with E-state index in [9.17, 15) is 9.59 Å². The first-order valence-corrected chi connectivity index (χ1v) is 9.20. The second-order valence-corrected chi connectivity index (χ2v) is 6.51. The Bertz CT molecular complexity index is 832. The zero-order valence-corrected chi connectivity index (χ0v) is 17.5. The van der Waals surface area contributed by atoms with Crippen LogP contribution in [-0.4, -0.2) is 39.8 Å². The molecule has 0 fully saturated rings. The highest BCUT2D eigenvalue weighted by molar-refractivity contribution is 5.94. The Morgan fingerprint density at radius 3 is 2.03 bits per heavy atom. The van der Waals surface area contributed by atoms with Crippen LogP contribution in [0.4, 0.5) is 5.69 Å². The molecule has 0 aliphatic heterocycles. The number of methoxy groups -OCH3 is 3. The highest BCUT2D eigenvalue weighted by Crippen LogP contribution is 2.38. The van der Waals surface area contributed by atoms with E-state index in [2.05, 4.69) is 5.32 Å². The second-order valence-electron chi connectivity index (χ2n) is 6.51. The number of benzene rings is 2. The molecule has 2 rings (SSSR count). The van der Waals surface area contributed by atoms with Gasteiger partial charge < -0.3 is 24.3 Å². The summed E-state index contributed by atoms with van der Waals surface area (Å²) in [7, 11) is 4.59. The monoisotopic (exact) mass is 401 g/mol. The first-order chi connectivity index (χ1) is 13.9. The van der Waals surface area contributed by atoms with Crippen LogP contribution in [0.1, 0.15) is 23.1 Å². The minimum atomic E-state index is -0.463. The third kappa shape index (κ3) is 5.88. The van der Waals surface area contributed by atoms with E-state index in [0.717, 1.165) is 22.4 Å². The van der Waals surface area contributed by atoms with Crippen LogP contribution in [0.2, 0.25) is 0 Å². The summed E-state index contributed by atoms with van der Waals surface area (Å²) in [5.74, 6) is 0.690. The van der Waals surface area contributed by atoms with Gasteiger partial charge in [0.15, 0.2) is 18.1 Å². The van der Waals surface area contributed by atoms with Gasteiger partial charge in [-0.1, -0.05) is 18.2 Å². The third-order valence-corrected chi connectivity index (χ3v) is 4.45. The molecule has 0 radical (unpaired) electrons. The number of hydrogen-bond donors (Lipinski definition) is 1. The average Bonchev–Trinajstić information content (AvgIpc) is 2.72. The molecule has 2 aromatic carbocycles. The molecule has 0 aromatic heterocycles.